The molecule has 1 aromatic heterocycles. The number of aryl methyl sites for hydroxylation is 2. The van der Waals surface area contributed by atoms with Crippen LogP contribution in [0.3, 0.4) is 0 Å². The fraction of sp³-hybridized carbons (Fsp3) is 0.455. The van der Waals surface area contributed by atoms with Gasteiger partial charge in [0.15, 0.2) is 5.15 Å². The average Bonchev–Trinajstić information content (AvgIpc) is 2.79. The second-order valence-corrected chi connectivity index (χ2v) is 10.4. The van der Waals surface area contributed by atoms with E-state index < -0.39 is 16.1 Å². The van der Waals surface area contributed by atoms with Gasteiger partial charge in [-0.15, -0.1) is 0 Å². The van der Waals surface area contributed by atoms with E-state index in [-0.39, 0.29) is 11.1 Å². The lowest BCUT2D eigenvalue weighted by atomic mass is 9.92. The third kappa shape index (κ3) is 4.77. The molecule has 0 radical (unpaired) electrons. The van der Waals surface area contributed by atoms with Crippen molar-refractivity contribution in [2.75, 3.05) is 31.5 Å². The zero-order valence-corrected chi connectivity index (χ0v) is 19.1. The number of benzene rings is 1. The molecule has 2 heterocycles. The molecule has 1 aromatic carbocycles. The first kappa shape index (κ1) is 22.2. The first-order chi connectivity index (χ1) is 14.9. The van der Waals surface area contributed by atoms with Crippen LogP contribution >= 0.6 is 11.6 Å². The molecular weight excluding hydrogens is 436 g/mol. The Morgan fingerprint density at radius 3 is 2.52 bits per heavy atom. The Kier molecular flexibility index (Phi) is 6.62. The van der Waals surface area contributed by atoms with Gasteiger partial charge in [0.1, 0.15) is 0 Å². The van der Waals surface area contributed by atoms with Gasteiger partial charge in [-0.3, -0.25) is 9.69 Å². The molecule has 1 saturated heterocycles. The van der Waals surface area contributed by atoms with E-state index in [9.17, 15) is 13.2 Å². The van der Waals surface area contributed by atoms with E-state index >= 15 is 0 Å². The molecule has 31 heavy (non-hydrogen) atoms. The van der Waals surface area contributed by atoms with Crippen LogP contribution in [0.5, 0.6) is 0 Å². The highest BCUT2D eigenvalue weighted by Gasteiger charge is 2.32. The molecule has 0 bridgehead atoms. The lowest BCUT2D eigenvalue weighted by molar-refractivity contribution is -0.121. The molecule has 0 spiro atoms. The molecule has 1 amide bonds. The Balaban J connectivity index is 1.38. The van der Waals surface area contributed by atoms with E-state index in [0.717, 1.165) is 24.8 Å². The molecule has 1 fully saturated rings. The molecular formula is C22H27ClN4O3S. The maximum atomic E-state index is 13.2. The van der Waals surface area contributed by atoms with Crippen LogP contribution in [0.2, 0.25) is 5.15 Å². The highest BCUT2D eigenvalue weighted by molar-refractivity contribution is 7.89. The van der Waals surface area contributed by atoms with E-state index in [1.54, 1.807) is 24.4 Å². The van der Waals surface area contributed by atoms with E-state index in [1.807, 2.05) is 24.0 Å². The van der Waals surface area contributed by atoms with Gasteiger partial charge in [-0.25, -0.2) is 13.4 Å². The Hall–Kier alpha value is -2.00. The number of anilines is 1. The summed E-state index contributed by atoms with van der Waals surface area (Å²) in [5.74, 6) is -0.194. The van der Waals surface area contributed by atoms with E-state index in [0.29, 0.717) is 36.8 Å². The average molecular weight is 463 g/mol. The molecule has 1 aliphatic heterocycles. The van der Waals surface area contributed by atoms with Gasteiger partial charge in [-0.1, -0.05) is 17.7 Å². The number of fused-ring (bicyclic) bond motifs is 1. The number of pyridine rings is 1. The van der Waals surface area contributed by atoms with Gasteiger partial charge in [-0.05, 0) is 68.0 Å². The molecule has 1 unspecified atom stereocenters. The largest absolute Gasteiger partial charge is 0.322 e. The zero-order chi connectivity index (χ0) is 22.0. The maximum absolute atomic E-state index is 13.2. The third-order valence-corrected chi connectivity index (χ3v) is 8.37. The predicted octanol–water partition coefficient (Wildman–Crippen LogP) is 2.95. The second kappa shape index (κ2) is 9.24. The van der Waals surface area contributed by atoms with Crippen molar-refractivity contribution in [2.24, 2.45) is 0 Å². The quantitative estimate of drug-likeness (QED) is 0.691. The van der Waals surface area contributed by atoms with E-state index in [1.165, 1.54) is 16.3 Å². The molecule has 1 aliphatic carbocycles. The lowest BCUT2D eigenvalue weighted by Crippen LogP contribution is -2.53. The molecule has 9 heteroatoms. The number of rotatable bonds is 5. The van der Waals surface area contributed by atoms with Gasteiger partial charge < -0.3 is 5.32 Å². The topological polar surface area (TPSA) is 82.6 Å². The minimum Gasteiger partial charge on any atom is -0.322 e. The third-order valence-electron chi connectivity index (χ3n) is 6.18. The number of nitrogens with one attached hydrogen (secondary N) is 1. The number of sulfonamides is 1. The van der Waals surface area contributed by atoms with Gasteiger partial charge in [-0.2, -0.15) is 4.31 Å². The van der Waals surface area contributed by atoms with Crippen molar-refractivity contribution in [3.63, 3.8) is 0 Å². The number of piperazine rings is 1. The van der Waals surface area contributed by atoms with Gasteiger partial charge >= 0.3 is 0 Å². The summed E-state index contributed by atoms with van der Waals surface area (Å²) in [5.41, 5.74) is 2.89. The summed E-state index contributed by atoms with van der Waals surface area (Å²) >= 11 is 6.02. The number of hydrogen-bond donors (Lipinski definition) is 1. The first-order valence-corrected chi connectivity index (χ1v) is 12.5. The Labute approximate surface area is 188 Å². The van der Waals surface area contributed by atoms with Crippen molar-refractivity contribution in [2.45, 2.75) is 43.5 Å². The van der Waals surface area contributed by atoms with Crippen molar-refractivity contribution in [1.82, 2.24) is 14.2 Å². The van der Waals surface area contributed by atoms with Crippen LogP contribution < -0.4 is 5.32 Å². The predicted molar refractivity (Wildman–Crippen MR) is 121 cm³/mol. The monoisotopic (exact) mass is 462 g/mol. The van der Waals surface area contributed by atoms with Crippen molar-refractivity contribution < 1.29 is 13.2 Å². The van der Waals surface area contributed by atoms with Crippen LogP contribution in [0.1, 0.15) is 30.9 Å². The summed E-state index contributed by atoms with van der Waals surface area (Å²) in [5, 5.41) is 3.04. The molecule has 0 saturated carbocycles. The fourth-order valence-electron chi connectivity index (χ4n) is 4.23. The Morgan fingerprint density at radius 2 is 1.81 bits per heavy atom. The molecule has 2 aliphatic rings. The summed E-state index contributed by atoms with van der Waals surface area (Å²) in [6.07, 6.45) is 5.81. The fourth-order valence-corrected chi connectivity index (χ4v) is 5.87. The highest BCUT2D eigenvalue weighted by Crippen LogP contribution is 2.26. The second-order valence-electron chi connectivity index (χ2n) is 8.08. The van der Waals surface area contributed by atoms with Crippen molar-refractivity contribution in [3.8, 4) is 0 Å². The molecule has 4 rings (SSSR count). The maximum Gasteiger partial charge on any atom is 0.243 e. The van der Waals surface area contributed by atoms with Gasteiger partial charge in [0.05, 0.1) is 16.6 Å². The first-order valence-electron chi connectivity index (χ1n) is 10.6. The summed E-state index contributed by atoms with van der Waals surface area (Å²) in [7, 11) is -3.54. The summed E-state index contributed by atoms with van der Waals surface area (Å²) in [4.78, 5) is 18.9. The minimum atomic E-state index is -3.54. The van der Waals surface area contributed by atoms with Crippen LogP contribution in [-0.4, -0.2) is 60.7 Å². The van der Waals surface area contributed by atoms with Crippen LogP contribution in [-0.2, 0) is 27.7 Å². The van der Waals surface area contributed by atoms with Gasteiger partial charge in [0, 0.05) is 32.4 Å². The summed E-state index contributed by atoms with van der Waals surface area (Å²) < 4.78 is 27.9. The van der Waals surface area contributed by atoms with Crippen molar-refractivity contribution >= 4 is 33.2 Å². The van der Waals surface area contributed by atoms with Crippen LogP contribution in [0, 0.1) is 0 Å². The Morgan fingerprint density at radius 1 is 1.10 bits per heavy atom. The van der Waals surface area contributed by atoms with E-state index in [2.05, 4.69) is 10.3 Å². The molecule has 1 atom stereocenters. The molecule has 2 aromatic rings. The normalized spacial score (nSPS) is 18.9. The van der Waals surface area contributed by atoms with Crippen molar-refractivity contribution in [3.05, 3.63) is 52.8 Å². The lowest BCUT2D eigenvalue weighted by Gasteiger charge is -2.36. The zero-order valence-electron chi connectivity index (χ0n) is 17.6. The molecule has 166 valence electrons. The SMILES string of the molecule is CC(C(=O)Nc1cccnc1Cl)N1CCN(S(=O)(=O)c2ccc3c(c2)CCCC3)CC1. The number of hydrogen-bond acceptors (Lipinski definition) is 5. The van der Waals surface area contributed by atoms with Gasteiger partial charge in [0.2, 0.25) is 15.9 Å². The Bertz CT molecular complexity index is 1070. The van der Waals surface area contributed by atoms with Crippen LogP contribution in [0.4, 0.5) is 5.69 Å². The number of nitrogens with zero attached hydrogens (tertiary/aromatic N) is 3. The standard InChI is InChI=1S/C22H27ClN4O3S/c1-16(22(28)25-20-7-4-10-24-21(20)23)26-11-13-27(14-12-26)31(29,30)19-9-8-17-5-2-3-6-18(17)15-19/h4,7-10,15-16H,2-3,5-6,11-14H2,1H3,(H,25,28). The number of halogens is 1. The number of carbonyl (C=O) groups is 1. The molecule has 7 nitrogen and oxygen atoms in total. The summed E-state index contributed by atoms with van der Waals surface area (Å²) in [6.45, 7) is 3.49. The smallest absolute Gasteiger partial charge is 0.243 e. The minimum absolute atomic E-state index is 0.194. The van der Waals surface area contributed by atoms with Crippen LogP contribution in [0.25, 0.3) is 0 Å². The number of carbonyl (C=O) groups excluding carboxylic acids is 1. The number of aromatic nitrogens is 1. The highest BCUT2D eigenvalue weighted by atomic mass is 35.5. The van der Waals surface area contributed by atoms with E-state index in [4.69, 9.17) is 11.6 Å². The summed E-state index contributed by atoms with van der Waals surface area (Å²) in [6, 6.07) is 8.54. The van der Waals surface area contributed by atoms with Gasteiger partial charge in [0.25, 0.3) is 0 Å². The molecule has 1 N–H and O–H groups in total. The van der Waals surface area contributed by atoms with Crippen LogP contribution in [0.15, 0.2) is 41.4 Å². The van der Waals surface area contributed by atoms with Crippen molar-refractivity contribution in [1.29, 1.82) is 0 Å². The number of amides is 1.